The Morgan fingerprint density at radius 2 is 0.913 bits per heavy atom. The summed E-state index contributed by atoms with van der Waals surface area (Å²) >= 11 is 0. The van der Waals surface area contributed by atoms with E-state index in [1.165, 1.54) is 70.0 Å². The quantitative estimate of drug-likeness (QED) is 0.0138. The first-order valence-corrected chi connectivity index (χ1v) is 55.7. The third kappa shape index (κ3) is 33.3. The summed E-state index contributed by atoms with van der Waals surface area (Å²) in [6.07, 6.45) is 24.9. The molecule has 0 unspecified atom stereocenters. The molecule has 13 heterocycles. The lowest BCUT2D eigenvalue weighted by atomic mass is 9.97. The Hall–Kier alpha value is -10.9. The van der Waals surface area contributed by atoms with Crippen LogP contribution in [0.3, 0.4) is 0 Å². The average Bonchev–Trinajstić information content (AvgIpc) is 1.54. The van der Waals surface area contributed by atoms with Gasteiger partial charge in [0.25, 0.3) is 0 Å². The third-order valence-electron chi connectivity index (χ3n) is 30.4. The fourth-order valence-electron chi connectivity index (χ4n) is 21.2. The number of benzene rings is 5. The summed E-state index contributed by atoms with van der Waals surface area (Å²) in [5.74, 6) is 20.2. The van der Waals surface area contributed by atoms with Crippen molar-refractivity contribution in [2.24, 2.45) is 17.4 Å². The molecule has 0 bridgehead atoms. The molecule has 5 aromatic heterocycles. The van der Waals surface area contributed by atoms with E-state index < -0.39 is 0 Å². The molecule has 8 saturated heterocycles. The zero-order valence-corrected chi connectivity index (χ0v) is 91.9. The number of likely N-dealkylation sites (tertiary alicyclic amines) is 6. The number of hydrogen-bond acceptors (Lipinski definition) is 34. The van der Waals surface area contributed by atoms with Gasteiger partial charge in [-0.2, -0.15) is 15.0 Å². The monoisotopic (exact) mass is 2050 g/mol. The average molecular weight is 2050 g/mol. The highest BCUT2D eigenvalue weighted by Gasteiger charge is 2.31. The number of nitrogens with zero attached hydrogens (tertiary/aromatic N) is 19. The van der Waals surface area contributed by atoms with Gasteiger partial charge in [-0.3, -0.25) is 14.7 Å². The van der Waals surface area contributed by atoms with E-state index in [4.69, 9.17) is 88.9 Å². The highest BCUT2D eigenvalue weighted by Crippen LogP contribution is 2.42. The zero-order valence-electron chi connectivity index (χ0n) is 91.9. The molecule has 18 rings (SSSR count). The molecule has 10 aromatic rings. The number of nitrogens with one attached hydrogen (secondary N) is 5. The van der Waals surface area contributed by atoms with Gasteiger partial charge in [0.05, 0.1) is 82.9 Å². The Balaban J connectivity index is 0.000000149. The predicted molar refractivity (Wildman–Crippen MR) is 607 cm³/mol. The number of likely N-dealkylation sites (N-methyl/N-ethyl adjacent to an activating group) is 1. The Morgan fingerprint density at radius 1 is 0.423 bits per heavy atom. The van der Waals surface area contributed by atoms with Crippen LogP contribution in [0.4, 0.5) is 41.1 Å². The number of unbranched alkanes of at least 4 members (excludes halogenated alkanes) is 4. The lowest BCUT2D eigenvalue weighted by Crippen LogP contribution is -2.39. The summed E-state index contributed by atoms with van der Waals surface area (Å²) in [5.41, 5.74) is 17.0. The van der Waals surface area contributed by atoms with E-state index in [9.17, 15) is 0 Å². The summed E-state index contributed by atoms with van der Waals surface area (Å²) in [7, 11) is 19.2. The van der Waals surface area contributed by atoms with Crippen LogP contribution < -0.4 is 81.0 Å². The van der Waals surface area contributed by atoms with Crippen molar-refractivity contribution < 1.29 is 37.6 Å². The molecule has 0 radical (unpaired) electrons. The molecule has 8 aliphatic rings. The van der Waals surface area contributed by atoms with Crippen molar-refractivity contribution in [1.29, 1.82) is 0 Å². The number of rotatable bonds is 42. The Labute approximate surface area is 886 Å². The maximum absolute atomic E-state index is 6.19. The summed E-state index contributed by atoms with van der Waals surface area (Å²) in [6, 6.07) is 32.4. The first-order chi connectivity index (χ1) is 72.7. The molecule has 5 aromatic carbocycles. The number of furan rings is 1. The normalized spacial score (nSPS) is 17.8. The molecule has 0 saturated carbocycles. The second-order valence-electron chi connectivity index (χ2n) is 42.4. The molecule has 8 aliphatic heterocycles. The second kappa shape index (κ2) is 58.1. The van der Waals surface area contributed by atoms with E-state index in [1.54, 1.807) is 35.5 Å². The maximum Gasteiger partial charge on any atom is 0.227 e. The van der Waals surface area contributed by atoms with Crippen LogP contribution in [-0.2, 0) is 6.54 Å². The SMILES string of the molecule is COc1cc2c(NC3CCN(C)CC3)nc(N3CCCN(C)CC3)nc2cc1C#CCN1CCCC1.COc1cc2c(NC3CCN(CCCCCN)CC3)nc(NCCCN(C)C)nc2cc1OCCCCCN.COc1cc2c(NCC3CCN(C)CC3)nc(-c3ccc(C)o3)nc2cc1OCCCN1CCCC1.COc1cc2nc(N3CCCN(C(C)C)CC3)nc(NC3CCN(Cc4ccccc4)CC3)c2cc1OC. The van der Waals surface area contributed by atoms with E-state index in [0.717, 1.165) is 356 Å². The molecule has 0 atom stereocenters. The van der Waals surface area contributed by atoms with Crippen molar-refractivity contribution in [3.05, 3.63) is 108 Å². The van der Waals surface area contributed by atoms with Crippen LogP contribution in [0.1, 0.15) is 172 Å². The molecular formula is C115H174N26O8. The van der Waals surface area contributed by atoms with Gasteiger partial charge in [-0.25, -0.2) is 24.9 Å². The summed E-state index contributed by atoms with van der Waals surface area (Å²) < 4.78 is 46.6. The fourth-order valence-corrected chi connectivity index (χ4v) is 21.2. The van der Waals surface area contributed by atoms with Crippen LogP contribution in [0.5, 0.6) is 40.2 Å². The number of methoxy groups -OCH3 is 5. The molecule has 34 nitrogen and oxygen atoms in total. The van der Waals surface area contributed by atoms with Crippen LogP contribution in [0, 0.1) is 24.7 Å². The first kappa shape index (κ1) is 112. The van der Waals surface area contributed by atoms with Crippen LogP contribution >= 0.6 is 0 Å². The van der Waals surface area contributed by atoms with Crippen molar-refractivity contribution in [1.82, 2.24) is 84.0 Å². The van der Waals surface area contributed by atoms with E-state index in [0.29, 0.717) is 102 Å². The Morgan fingerprint density at radius 3 is 1.50 bits per heavy atom. The van der Waals surface area contributed by atoms with Gasteiger partial charge in [-0.15, -0.1) is 0 Å². The molecule has 0 aliphatic carbocycles. The third-order valence-corrected chi connectivity index (χ3v) is 30.4. The summed E-state index contributed by atoms with van der Waals surface area (Å²) in [5, 5.41) is 22.3. The molecule has 149 heavy (non-hydrogen) atoms. The molecular weight excluding hydrogens is 1870 g/mol. The maximum atomic E-state index is 6.19. The molecule has 8 fully saturated rings. The second-order valence-corrected chi connectivity index (χ2v) is 42.4. The number of fused-ring (bicyclic) bond motifs is 4. The van der Waals surface area contributed by atoms with Gasteiger partial charge in [-0.1, -0.05) is 48.6 Å². The van der Waals surface area contributed by atoms with Gasteiger partial charge in [0.2, 0.25) is 17.8 Å². The number of aromatic nitrogens is 8. The number of aryl methyl sites for hydroxylation is 1. The number of nitrogens with two attached hydrogens (primary N) is 2. The lowest BCUT2D eigenvalue weighted by molar-refractivity contribution is 0.211. The van der Waals surface area contributed by atoms with Crippen molar-refractivity contribution in [2.75, 3.05) is 304 Å². The zero-order chi connectivity index (χ0) is 104. The summed E-state index contributed by atoms with van der Waals surface area (Å²) in [4.78, 5) is 66.4. The van der Waals surface area contributed by atoms with Crippen LogP contribution in [0.2, 0.25) is 0 Å². The van der Waals surface area contributed by atoms with Gasteiger partial charge < -0.3 is 115 Å². The highest BCUT2D eigenvalue weighted by molar-refractivity contribution is 5.96. The van der Waals surface area contributed by atoms with Gasteiger partial charge in [-0.05, 0) is 330 Å². The molecule has 34 heteroatoms. The molecule has 9 N–H and O–H groups in total. The molecule has 0 amide bonds. The Kier molecular flexibility index (Phi) is 43.7. The number of anilines is 7. The standard InChI is InChI=1S/C30H42N6O2.C29H52N8O2.C28H41N7O.C28H39N5O3/c1-22(2)35-13-8-14-36(18-17-35)30-32-26-20-28(38-4)27(37-3)19-25(26)29(33-30)31-24-11-15-34(16-12-24)21-23-9-6-5-7-10-23;1-36(2)16-10-15-32-29-34-25-22-27(39-20-9-5-7-14-31)26(38-3)21-24(25)28(35-29)33-23-11-18-37(19-12-23)17-8-4-6-13-30;1-32-11-7-15-35(19-18-32)28-30-25-20-22(8-6-14-34-12-4-5-13-34)26(36-3)21-24(25)27(31-28)29-23-9-16-33(2)17-10-23;1-20-7-8-24(36-20)28-30-23-18-26(35-16-6-13-33-11-4-5-12-33)25(34-3)17-22(23)27(31-28)29-19-21-9-14-32(2)15-10-21/h5-7,9-10,19-20,22,24H,8,11-18,21H2,1-4H3,(H,31,32,33);21-23H,4-20,30-31H2,1-3H3,(H2,32,33,34,35);20-21,23H,4-5,7,9-19H2,1-3H3,(H,29,30,31);7-8,17-18,21H,4-6,9-16,19H2,1-3H3,(H,29,30,31). The summed E-state index contributed by atoms with van der Waals surface area (Å²) in [6.45, 7) is 37.6. The lowest BCUT2D eigenvalue weighted by Gasteiger charge is -2.33. The van der Waals surface area contributed by atoms with Crippen LogP contribution in [0.15, 0.2) is 95.4 Å². The van der Waals surface area contributed by atoms with Crippen molar-refractivity contribution in [3.8, 4) is 63.7 Å². The van der Waals surface area contributed by atoms with E-state index >= 15 is 0 Å². The van der Waals surface area contributed by atoms with Crippen LogP contribution in [-0.4, -0.2) is 375 Å². The van der Waals surface area contributed by atoms with E-state index in [-0.39, 0.29) is 0 Å². The number of piperidine rings is 4. The minimum atomic E-state index is 0.363. The van der Waals surface area contributed by atoms with E-state index in [1.807, 2.05) is 55.5 Å². The fraction of sp³-hybridized carbons (Fsp3) is 0.617. The predicted octanol–water partition coefficient (Wildman–Crippen LogP) is 15.7. The van der Waals surface area contributed by atoms with E-state index in [2.05, 4.69) is 184 Å². The topological polar surface area (TPSA) is 329 Å². The first-order valence-electron chi connectivity index (χ1n) is 55.7. The largest absolute Gasteiger partial charge is 0.495 e. The van der Waals surface area contributed by atoms with Gasteiger partial charge >= 0.3 is 0 Å². The molecule has 812 valence electrons. The van der Waals surface area contributed by atoms with Crippen LogP contribution in [0.25, 0.3) is 55.2 Å². The highest BCUT2D eigenvalue weighted by atomic mass is 16.5. The van der Waals surface area contributed by atoms with Crippen molar-refractivity contribution in [3.63, 3.8) is 0 Å². The van der Waals surface area contributed by atoms with Crippen molar-refractivity contribution >= 4 is 84.7 Å². The minimum Gasteiger partial charge on any atom is -0.495 e. The van der Waals surface area contributed by atoms with Gasteiger partial charge in [0.1, 0.15) is 34.8 Å². The van der Waals surface area contributed by atoms with Gasteiger partial charge in [0, 0.05) is 162 Å². The number of ether oxygens (including phenoxy) is 7. The number of hydrogen-bond donors (Lipinski definition) is 7. The van der Waals surface area contributed by atoms with Gasteiger partial charge in [0.15, 0.2) is 46.1 Å². The van der Waals surface area contributed by atoms with Crippen molar-refractivity contribution in [2.45, 2.75) is 193 Å². The minimum absolute atomic E-state index is 0.363. The molecule has 0 spiro atoms. The smallest absolute Gasteiger partial charge is 0.227 e. The Bertz CT molecular complexity index is 5810.